The van der Waals surface area contributed by atoms with Crippen molar-refractivity contribution in [1.29, 1.82) is 0 Å². The molecule has 0 saturated heterocycles. The number of para-hydroxylation sites is 1. The van der Waals surface area contributed by atoms with Crippen molar-refractivity contribution in [2.75, 3.05) is 13.2 Å². The maximum atomic E-state index is 11.6. The summed E-state index contributed by atoms with van der Waals surface area (Å²) in [5.74, 6) is 0.767. The number of nitrogens with one attached hydrogen (secondary N) is 1. The predicted octanol–water partition coefficient (Wildman–Crippen LogP) is 2.97. The summed E-state index contributed by atoms with van der Waals surface area (Å²) in [5.41, 5.74) is 2.93. The zero-order chi connectivity index (χ0) is 17.4. The van der Waals surface area contributed by atoms with Crippen LogP contribution in [-0.4, -0.2) is 30.5 Å². The highest BCUT2D eigenvalue weighted by atomic mass is 16.5. The van der Waals surface area contributed by atoms with Gasteiger partial charge in [-0.25, -0.2) is 4.79 Å². The van der Waals surface area contributed by atoms with Crippen molar-refractivity contribution < 1.29 is 19.4 Å². The number of aliphatic hydroxyl groups excluding tert-OH is 1. The van der Waals surface area contributed by atoms with Gasteiger partial charge in [0.1, 0.15) is 25.1 Å². The Labute approximate surface area is 142 Å². The molecule has 0 fully saturated rings. The second-order valence-corrected chi connectivity index (χ2v) is 5.63. The van der Waals surface area contributed by atoms with Crippen LogP contribution in [0.1, 0.15) is 16.7 Å². The number of rotatable bonds is 7. The van der Waals surface area contributed by atoms with Crippen molar-refractivity contribution in [1.82, 2.24) is 5.32 Å². The molecule has 24 heavy (non-hydrogen) atoms. The van der Waals surface area contributed by atoms with E-state index in [1.807, 2.05) is 62.4 Å². The highest BCUT2D eigenvalue weighted by molar-refractivity contribution is 5.67. The summed E-state index contributed by atoms with van der Waals surface area (Å²) in [5, 5.41) is 12.5. The lowest BCUT2D eigenvalue weighted by Crippen LogP contribution is -2.35. The van der Waals surface area contributed by atoms with Crippen LogP contribution < -0.4 is 10.1 Å². The molecule has 1 atom stereocenters. The molecule has 0 heterocycles. The summed E-state index contributed by atoms with van der Waals surface area (Å²) in [6.45, 7) is 4.27. The van der Waals surface area contributed by atoms with E-state index in [2.05, 4.69) is 5.32 Å². The second kappa shape index (κ2) is 8.93. The van der Waals surface area contributed by atoms with Gasteiger partial charge in [-0.2, -0.15) is 0 Å². The first kappa shape index (κ1) is 17.8. The minimum absolute atomic E-state index is 0.0680. The highest BCUT2D eigenvalue weighted by Gasteiger charge is 2.11. The lowest BCUT2D eigenvalue weighted by Gasteiger charge is -2.16. The van der Waals surface area contributed by atoms with Crippen LogP contribution in [0.3, 0.4) is 0 Å². The lowest BCUT2D eigenvalue weighted by atomic mass is 10.1. The SMILES string of the molecule is Cc1cccc(C)c1OCC(O)CNC(=O)OCc1ccccc1. The van der Waals surface area contributed by atoms with Gasteiger partial charge >= 0.3 is 6.09 Å². The number of aryl methyl sites for hydroxylation is 2. The number of amides is 1. The minimum Gasteiger partial charge on any atom is -0.490 e. The summed E-state index contributed by atoms with van der Waals surface area (Å²) in [4.78, 5) is 11.6. The molecule has 2 aromatic rings. The van der Waals surface area contributed by atoms with Crippen LogP contribution in [0.4, 0.5) is 4.79 Å². The third-order valence-electron chi connectivity index (χ3n) is 3.52. The monoisotopic (exact) mass is 329 g/mol. The molecule has 0 aliphatic carbocycles. The van der Waals surface area contributed by atoms with Gasteiger partial charge in [0, 0.05) is 0 Å². The lowest BCUT2D eigenvalue weighted by molar-refractivity contribution is 0.0960. The van der Waals surface area contributed by atoms with Crippen molar-refractivity contribution in [2.24, 2.45) is 0 Å². The fraction of sp³-hybridized carbons (Fsp3) is 0.316. The average molecular weight is 329 g/mol. The molecule has 0 radical (unpaired) electrons. The maximum absolute atomic E-state index is 11.6. The molecule has 0 aliphatic rings. The molecule has 1 amide bonds. The fourth-order valence-electron chi connectivity index (χ4n) is 2.24. The predicted molar refractivity (Wildman–Crippen MR) is 92.0 cm³/mol. The number of benzene rings is 2. The van der Waals surface area contributed by atoms with Gasteiger partial charge < -0.3 is 19.9 Å². The number of hydrogen-bond donors (Lipinski definition) is 2. The quantitative estimate of drug-likeness (QED) is 0.819. The van der Waals surface area contributed by atoms with Crippen LogP contribution >= 0.6 is 0 Å². The third kappa shape index (κ3) is 5.59. The van der Waals surface area contributed by atoms with Crippen LogP contribution in [0.5, 0.6) is 5.75 Å². The Kier molecular flexibility index (Phi) is 6.63. The highest BCUT2D eigenvalue weighted by Crippen LogP contribution is 2.22. The molecule has 1 unspecified atom stereocenters. The minimum atomic E-state index is -0.812. The van der Waals surface area contributed by atoms with E-state index >= 15 is 0 Å². The molecule has 0 aromatic heterocycles. The van der Waals surface area contributed by atoms with E-state index in [0.29, 0.717) is 0 Å². The van der Waals surface area contributed by atoms with Gasteiger partial charge in [0.25, 0.3) is 0 Å². The van der Waals surface area contributed by atoms with E-state index in [-0.39, 0.29) is 19.8 Å². The number of aliphatic hydroxyl groups is 1. The van der Waals surface area contributed by atoms with Gasteiger partial charge in [-0.05, 0) is 30.5 Å². The second-order valence-electron chi connectivity index (χ2n) is 5.63. The topological polar surface area (TPSA) is 67.8 Å². The number of hydrogen-bond acceptors (Lipinski definition) is 4. The number of ether oxygens (including phenoxy) is 2. The van der Waals surface area contributed by atoms with Gasteiger partial charge in [0.05, 0.1) is 6.54 Å². The van der Waals surface area contributed by atoms with Crippen LogP contribution in [0.25, 0.3) is 0 Å². The normalized spacial score (nSPS) is 11.6. The van der Waals surface area contributed by atoms with Crippen LogP contribution in [0.15, 0.2) is 48.5 Å². The van der Waals surface area contributed by atoms with Crippen LogP contribution in [-0.2, 0) is 11.3 Å². The van der Waals surface area contributed by atoms with E-state index < -0.39 is 12.2 Å². The van der Waals surface area contributed by atoms with Crippen LogP contribution in [0.2, 0.25) is 0 Å². The third-order valence-corrected chi connectivity index (χ3v) is 3.52. The summed E-state index contributed by atoms with van der Waals surface area (Å²) in [7, 11) is 0. The van der Waals surface area contributed by atoms with Crippen molar-refractivity contribution in [3.8, 4) is 5.75 Å². The summed E-state index contributed by atoms with van der Waals surface area (Å²) >= 11 is 0. The molecule has 0 aliphatic heterocycles. The Morgan fingerprint density at radius 2 is 1.75 bits per heavy atom. The van der Waals surface area contributed by atoms with Gasteiger partial charge in [-0.3, -0.25) is 0 Å². The van der Waals surface area contributed by atoms with E-state index in [9.17, 15) is 9.90 Å². The van der Waals surface area contributed by atoms with Gasteiger partial charge in [-0.1, -0.05) is 48.5 Å². The van der Waals surface area contributed by atoms with Crippen molar-refractivity contribution in [3.63, 3.8) is 0 Å². The van der Waals surface area contributed by atoms with Crippen molar-refractivity contribution in [3.05, 3.63) is 65.2 Å². The Morgan fingerprint density at radius 3 is 2.42 bits per heavy atom. The number of alkyl carbamates (subject to hydrolysis) is 1. The van der Waals surface area contributed by atoms with E-state index in [0.717, 1.165) is 22.4 Å². The molecule has 5 nitrogen and oxygen atoms in total. The Hall–Kier alpha value is -2.53. The Bertz CT molecular complexity index is 637. The Morgan fingerprint density at radius 1 is 1.08 bits per heavy atom. The molecule has 2 N–H and O–H groups in total. The van der Waals surface area contributed by atoms with Gasteiger partial charge in [0.15, 0.2) is 0 Å². The molecule has 0 bridgehead atoms. The zero-order valence-corrected chi connectivity index (χ0v) is 14.0. The first-order valence-corrected chi connectivity index (χ1v) is 7.88. The zero-order valence-electron chi connectivity index (χ0n) is 14.0. The van der Waals surface area contributed by atoms with Crippen molar-refractivity contribution >= 4 is 6.09 Å². The van der Waals surface area contributed by atoms with Gasteiger partial charge in [0.2, 0.25) is 0 Å². The number of carbonyl (C=O) groups is 1. The molecular formula is C19H23NO4. The summed E-state index contributed by atoms with van der Waals surface area (Å²) in [6, 6.07) is 15.3. The standard InChI is InChI=1S/C19H23NO4/c1-14-7-6-8-15(2)18(14)23-13-17(21)11-20-19(22)24-12-16-9-4-3-5-10-16/h3-10,17,21H,11-13H2,1-2H3,(H,20,22). The number of carbonyl (C=O) groups excluding carboxylic acids is 1. The molecule has 2 aromatic carbocycles. The molecular weight excluding hydrogens is 306 g/mol. The molecule has 0 saturated carbocycles. The first-order chi connectivity index (χ1) is 11.6. The van der Waals surface area contributed by atoms with E-state index in [4.69, 9.17) is 9.47 Å². The summed E-state index contributed by atoms with van der Waals surface area (Å²) in [6.07, 6.45) is -1.38. The van der Waals surface area contributed by atoms with Crippen LogP contribution in [0, 0.1) is 13.8 Å². The molecule has 2 rings (SSSR count). The van der Waals surface area contributed by atoms with Crippen molar-refractivity contribution in [2.45, 2.75) is 26.6 Å². The van der Waals surface area contributed by atoms with E-state index in [1.54, 1.807) is 0 Å². The molecule has 128 valence electrons. The average Bonchev–Trinajstić information content (AvgIpc) is 2.58. The Balaban J connectivity index is 1.69. The molecule has 0 spiro atoms. The maximum Gasteiger partial charge on any atom is 0.407 e. The summed E-state index contributed by atoms with van der Waals surface area (Å²) < 4.78 is 10.7. The molecule has 5 heteroatoms. The largest absolute Gasteiger partial charge is 0.490 e. The first-order valence-electron chi connectivity index (χ1n) is 7.88. The fourth-order valence-corrected chi connectivity index (χ4v) is 2.24. The smallest absolute Gasteiger partial charge is 0.407 e. The van der Waals surface area contributed by atoms with E-state index in [1.165, 1.54) is 0 Å². The van der Waals surface area contributed by atoms with Gasteiger partial charge in [-0.15, -0.1) is 0 Å².